The van der Waals surface area contributed by atoms with Crippen LogP contribution in [0.2, 0.25) is 0 Å². The Morgan fingerprint density at radius 2 is 2.11 bits per heavy atom. The van der Waals surface area contributed by atoms with Crippen LogP contribution in [0.4, 0.5) is 0 Å². The number of hydrazine groups is 1. The van der Waals surface area contributed by atoms with Crippen molar-refractivity contribution < 1.29 is 4.74 Å². The number of morpholine rings is 1. The van der Waals surface area contributed by atoms with E-state index in [1.54, 1.807) is 0 Å². The lowest BCUT2D eigenvalue weighted by Crippen LogP contribution is -2.48. The molecule has 2 aliphatic heterocycles. The van der Waals surface area contributed by atoms with Gasteiger partial charge in [0.25, 0.3) is 0 Å². The minimum absolute atomic E-state index is 0.240. The molecule has 0 aliphatic carbocycles. The minimum atomic E-state index is 0.240. The molecule has 0 amide bonds. The third-order valence-corrected chi connectivity index (χ3v) is 4.22. The first-order chi connectivity index (χ1) is 9.30. The van der Waals surface area contributed by atoms with Crippen molar-refractivity contribution in [2.75, 3.05) is 20.3 Å². The highest BCUT2D eigenvalue weighted by atomic mass is 16.5. The van der Waals surface area contributed by atoms with Gasteiger partial charge in [0.1, 0.15) is 0 Å². The Labute approximate surface area is 116 Å². The van der Waals surface area contributed by atoms with Crippen LogP contribution in [0, 0.1) is 0 Å². The summed E-state index contributed by atoms with van der Waals surface area (Å²) in [5.41, 5.74) is 2.92. The van der Waals surface area contributed by atoms with Gasteiger partial charge in [-0.3, -0.25) is 11.3 Å². The molecule has 19 heavy (non-hydrogen) atoms. The summed E-state index contributed by atoms with van der Waals surface area (Å²) in [4.78, 5) is 2.50. The first-order valence-corrected chi connectivity index (χ1v) is 7.52. The van der Waals surface area contributed by atoms with Crippen molar-refractivity contribution in [2.45, 2.75) is 57.2 Å². The average Bonchev–Trinajstić information content (AvgIpc) is 2.69. The molecule has 5 heteroatoms. The molecule has 3 atom stereocenters. The molecule has 2 saturated heterocycles. The van der Waals surface area contributed by atoms with E-state index in [0.717, 1.165) is 19.6 Å². The van der Waals surface area contributed by atoms with Crippen molar-refractivity contribution >= 4 is 0 Å². The predicted octanol–water partition coefficient (Wildman–Crippen LogP) is 0.933. The summed E-state index contributed by atoms with van der Waals surface area (Å²) in [6.07, 6.45) is 8.19. The number of hydrogen-bond acceptors (Lipinski definition) is 5. The fraction of sp³-hybridized carbons (Fsp3) is 0.857. The van der Waals surface area contributed by atoms with Gasteiger partial charge < -0.3 is 15.0 Å². The van der Waals surface area contributed by atoms with E-state index in [4.69, 9.17) is 10.6 Å². The van der Waals surface area contributed by atoms with Gasteiger partial charge in [-0.1, -0.05) is 19.8 Å². The number of fused-ring (bicyclic) bond motifs is 2. The van der Waals surface area contributed by atoms with Crippen LogP contribution in [-0.4, -0.2) is 43.3 Å². The van der Waals surface area contributed by atoms with Crippen LogP contribution in [0.5, 0.6) is 0 Å². The van der Waals surface area contributed by atoms with E-state index in [0.29, 0.717) is 12.1 Å². The maximum atomic E-state index is 5.67. The molecule has 0 aromatic rings. The summed E-state index contributed by atoms with van der Waals surface area (Å²) >= 11 is 0. The molecular weight excluding hydrogens is 240 g/mol. The molecule has 0 aromatic heterocycles. The molecule has 2 bridgehead atoms. The van der Waals surface area contributed by atoms with Crippen molar-refractivity contribution in [1.29, 1.82) is 0 Å². The van der Waals surface area contributed by atoms with Crippen LogP contribution in [0.25, 0.3) is 0 Å². The quantitative estimate of drug-likeness (QED) is 0.474. The number of unbranched alkanes of at least 4 members (excludes halogenated alkanes) is 1. The van der Waals surface area contributed by atoms with Gasteiger partial charge in [-0.2, -0.15) is 0 Å². The zero-order valence-corrected chi connectivity index (χ0v) is 12.2. The second-order valence-electron chi connectivity index (χ2n) is 5.55. The molecule has 5 nitrogen and oxygen atoms in total. The third kappa shape index (κ3) is 3.41. The zero-order valence-electron chi connectivity index (χ0n) is 12.2. The first-order valence-electron chi connectivity index (χ1n) is 7.52. The number of rotatable bonds is 7. The molecule has 110 valence electrons. The largest absolute Gasteiger partial charge is 0.377 e. The van der Waals surface area contributed by atoms with Crippen LogP contribution in [-0.2, 0) is 4.74 Å². The second-order valence-corrected chi connectivity index (χ2v) is 5.55. The number of ether oxygens (including phenoxy) is 1. The maximum absolute atomic E-state index is 5.67. The van der Waals surface area contributed by atoms with Gasteiger partial charge in [-0.05, 0) is 25.3 Å². The lowest BCUT2D eigenvalue weighted by Gasteiger charge is -2.38. The Morgan fingerprint density at radius 3 is 2.63 bits per heavy atom. The monoisotopic (exact) mass is 268 g/mol. The molecule has 2 fully saturated rings. The first kappa shape index (κ1) is 14.6. The highest BCUT2D eigenvalue weighted by Crippen LogP contribution is 2.31. The van der Waals surface area contributed by atoms with Gasteiger partial charge in [-0.25, -0.2) is 0 Å². The highest BCUT2D eigenvalue weighted by molar-refractivity contribution is 5.10. The molecular formula is C14H28N4O. The Kier molecular flexibility index (Phi) is 5.48. The molecule has 2 heterocycles. The molecule has 0 aromatic carbocycles. The minimum Gasteiger partial charge on any atom is -0.377 e. The van der Waals surface area contributed by atoms with E-state index in [1.807, 2.05) is 7.05 Å². The normalized spacial score (nSPS) is 28.6. The van der Waals surface area contributed by atoms with Crippen molar-refractivity contribution in [2.24, 2.45) is 5.84 Å². The topological polar surface area (TPSA) is 62.5 Å². The number of nitrogens with one attached hydrogen (secondary N) is 2. The zero-order chi connectivity index (χ0) is 13.7. The summed E-state index contributed by atoms with van der Waals surface area (Å²) in [5.74, 6) is 6.87. The van der Waals surface area contributed by atoms with Crippen LogP contribution >= 0.6 is 0 Å². The SMILES string of the molecule is CCCCC(/C=C(/NC)N1C2CCC1COC2)NN. The summed E-state index contributed by atoms with van der Waals surface area (Å²) in [5, 5.41) is 3.35. The molecule has 0 radical (unpaired) electrons. The number of hydrogen-bond donors (Lipinski definition) is 3. The Balaban J connectivity index is 2.05. The summed E-state index contributed by atoms with van der Waals surface area (Å²) in [6, 6.07) is 1.30. The van der Waals surface area contributed by atoms with E-state index in [9.17, 15) is 0 Å². The predicted molar refractivity (Wildman–Crippen MR) is 77.2 cm³/mol. The van der Waals surface area contributed by atoms with Crippen molar-refractivity contribution in [1.82, 2.24) is 15.6 Å². The van der Waals surface area contributed by atoms with Crippen LogP contribution in [0.1, 0.15) is 39.0 Å². The average molecular weight is 268 g/mol. The third-order valence-electron chi connectivity index (χ3n) is 4.22. The summed E-state index contributed by atoms with van der Waals surface area (Å²) in [6.45, 7) is 3.91. The van der Waals surface area contributed by atoms with Gasteiger partial charge >= 0.3 is 0 Å². The van der Waals surface area contributed by atoms with Gasteiger partial charge in [0, 0.05) is 13.1 Å². The Hall–Kier alpha value is -0.780. The van der Waals surface area contributed by atoms with Crippen LogP contribution in [0.15, 0.2) is 11.9 Å². The number of nitrogens with two attached hydrogens (primary N) is 1. The molecule has 0 saturated carbocycles. The van der Waals surface area contributed by atoms with Gasteiger partial charge in [0.15, 0.2) is 0 Å². The van der Waals surface area contributed by atoms with Crippen molar-refractivity contribution in [3.05, 3.63) is 11.9 Å². The highest BCUT2D eigenvalue weighted by Gasteiger charge is 2.38. The van der Waals surface area contributed by atoms with E-state index in [1.165, 1.54) is 31.5 Å². The smallest absolute Gasteiger partial charge is 0.0992 e. The standard InChI is InChI=1S/C14H28N4O/c1-3-4-5-11(17-15)8-14(16-2)18-12-6-7-13(18)10-19-9-12/h8,11-13,16-17H,3-7,9-10,15H2,1-2H3/b14-8-. The fourth-order valence-electron chi connectivity index (χ4n) is 3.15. The van der Waals surface area contributed by atoms with E-state index < -0.39 is 0 Å². The number of nitrogens with zero attached hydrogens (tertiary/aromatic N) is 1. The van der Waals surface area contributed by atoms with Crippen molar-refractivity contribution in [3.63, 3.8) is 0 Å². The molecule has 2 aliphatic rings. The Morgan fingerprint density at radius 1 is 1.42 bits per heavy atom. The van der Waals surface area contributed by atoms with Crippen LogP contribution < -0.4 is 16.6 Å². The van der Waals surface area contributed by atoms with E-state index >= 15 is 0 Å². The summed E-state index contributed by atoms with van der Waals surface area (Å²) < 4.78 is 5.64. The van der Waals surface area contributed by atoms with E-state index in [-0.39, 0.29) is 6.04 Å². The van der Waals surface area contributed by atoms with Crippen LogP contribution in [0.3, 0.4) is 0 Å². The second kappa shape index (κ2) is 7.12. The molecule has 0 spiro atoms. The van der Waals surface area contributed by atoms with E-state index in [2.05, 4.69) is 28.6 Å². The molecule has 3 unspecified atom stereocenters. The maximum Gasteiger partial charge on any atom is 0.0992 e. The molecule has 2 rings (SSSR count). The Bertz CT molecular complexity index is 292. The lowest BCUT2D eigenvalue weighted by molar-refractivity contribution is 0.000103. The van der Waals surface area contributed by atoms with Gasteiger partial charge in [-0.15, -0.1) is 0 Å². The van der Waals surface area contributed by atoms with Gasteiger partial charge in [0.2, 0.25) is 0 Å². The summed E-state index contributed by atoms with van der Waals surface area (Å²) in [7, 11) is 1.99. The molecule has 4 N–H and O–H groups in total. The van der Waals surface area contributed by atoms with Crippen molar-refractivity contribution in [3.8, 4) is 0 Å². The lowest BCUT2D eigenvalue weighted by atomic mass is 10.1. The fourth-order valence-corrected chi connectivity index (χ4v) is 3.15. The van der Waals surface area contributed by atoms with Gasteiger partial charge in [0.05, 0.1) is 31.1 Å².